The van der Waals surface area contributed by atoms with Gasteiger partial charge in [-0.15, -0.1) is 0 Å². The number of anilines is 2. The van der Waals surface area contributed by atoms with Gasteiger partial charge in [-0.05, 0) is 18.6 Å². The van der Waals surface area contributed by atoms with Crippen LogP contribution in [0.15, 0.2) is 18.3 Å². The molecule has 2 N–H and O–H groups in total. The Kier molecular flexibility index (Phi) is 3.06. The van der Waals surface area contributed by atoms with E-state index in [1.165, 1.54) is 0 Å². The molecule has 0 aromatic carbocycles. The van der Waals surface area contributed by atoms with Crippen molar-refractivity contribution in [2.75, 3.05) is 30.4 Å². The van der Waals surface area contributed by atoms with Crippen molar-refractivity contribution in [3.8, 4) is 0 Å². The Morgan fingerprint density at radius 3 is 3.13 bits per heavy atom. The zero-order valence-electron chi connectivity index (χ0n) is 9.02. The maximum absolute atomic E-state index is 5.62. The summed E-state index contributed by atoms with van der Waals surface area (Å²) in [5.41, 5.74) is 6.33. The average Bonchev–Trinajstić information content (AvgIpc) is 2.30. The molecule has 4 nitrogen and oxygen atoms in total. The van der Waals surface area contributed by atoms with Gasteiger partial charge in [-0.25, -0.2) is 4.98 Å². The maximum atomic E-state index is 5.62. The number of ether oxygens (including phenoxy) is 1. The normalized spacial score (nSPS) is 21.7. The van der Waals surface area contributed by atoms with Crippen LogP contribution in [0.4, 0.5) is 11.5 Å². The lowest BCUT2D eigenvalue weighted by Crippen LogP contribution is -2.45. The van der Waals surface area contributed by atoms with E-state index in [-0.39, 0.29) is 0 Å². The Bertz CT molecular complexity index is 312. The molecule has 2 rings (SSSR count). The third-order valence-electron chi connectivity index (χ3n) is 2.76. The minimum Gasteiger partial charge on any atom is -0.397 e. The van der Waals surface area contributed by atoms with Gasteiger partial charge in [0.2, 0.25) is 0 Å². The first-order valence-electron chi connectivity index (χ1n) is 5.37. The van der Waals surface area contributed by atoms with E-state index in [1.807, 2.05) is 12.1 Å². The Hall–Kier alpha value is -1.29. The molecule has 0 radical (unpaired) electrons. The van der Waals surface area contributed by atoms with Gasteiger partial charge in [0, 0.05) is 6.54 Å². The van der Waals surface area contributed by atoms with Gasteiger partial charge in [0.1, 0.15) is 5.82 Å². The fourth-order valence-corrected chi connectivity index (χ4v) is 1.86. The van der Waals surface area contributed by atoms with Crippen LogP contribution in [0, 0.1) is 0 Å². The summed E-state index contributed by atoms with van der Waals surface area (Å²) >= 11 is 0. The van der Waals surface area contributed by atoms with Crippen LogP contribution >= 0.6 is 0 Å². The number of hydrogen-bond donors (Lipinski definition) is 1. The monoisotopic (exact) mass is 207 g/mol. The summed E-state index contributed by atoms with van der Waals surface area (Å²) in [4.78, 5) is 6.64. The first-order valence-corrected chi connectivity index (χ1v) is 5.37. The summed E-state index contributed by atoms with van der Waals surface area (Å²) in [5, 5.41) is 0. The average molecular weight is 207 g/mol. The van der Waals surface area contributed by atoms with Crippen molar-refractivity contribution >= 4 is 11.5 Å². The Morgan fingerprint density at radius 2 is 2.47 bits per heavy atom. The van der Waals surface area contributed by atoms with Crippen molar-refractivity contribution in [1.82, 2.24) is 4.98 Å². The van der Waals surface area contributed by atoms with E-state index in [0.717, 1.165) is 32.0 Å². The number of aromatic nitrogens is 1. The summed E-state index contributed by atoms with van der Waals surface area (Å²) in [6.45, 7) is 4.66. The molecule has 1 aliphatic rings. The fourth-order valence-electron chi connectivity index (χ4n) is 1.86. The molecule has 1 aromatic heterocycles. The Balaban J connectivity index is 2.16. The molecule has 1 atom stereocenters. The summed E-state index contributed by atoms with van der Waals surface area (Å²) in [6, 6.07) is 4.31. The third-order valence-corrected chi connectivity index (χ3v) is 2.76. The topological polar surface area (TPSA) is 51.4 Å². The van der Waals surface area contributed by atoms with Crippen LogP contribution < -0.4 is 10.6 Å². The SMILES string of the molecule is CC[C@H]1COCCN1c1ccc(N)cn1. The third kappa shape index (κ3) is 2.21. The fraction of sp³-hybridized carbons (Fsp3) is 0.545. The van der Waals surface area contributed by atoms with E-state index in [2.05, 4.69) is 16.8 Å². The minimum atomic E-state index is 0.440. The predicted molar refractivity (Wildman–Crippen MR) is 60.9 cm³/mol. The van der Waals surface area contributed by atoms with Gasteiger partial charge in [0.05, 0.1) is 31.1 Å². The molecule has 15 heavy (non-hydrogen) atoms. The molecule has 0 spiro atoms. The minimum absolute atomic E-state index is 0.440. The number of morpholine rings is 1. The van der Waals surface area contributed by atoms with Crippen LogP contribution in [0.25, 0.3) is 0 Å². The summed E-state index contributed by atoms with van der Waals surface area (Å²) in [6.07, 6.45) is 2.78. The number of nitrogens with two attached hydrogens (primary N) is 1. The van der Waals surface area contributed by atoms with Crippen LogP contribution in [-0.2, 0) is 4.74 Å². The lowest BCUT2D eigenvalue weighted by molar-refractivity contribution is 0.0926. The molecule has 0 saturated carbocycles. The molecule has 2 heterocycles. The molecule has 0 unspecified atom stereocenters. The second-order valence-electron chi connectivity index (χ2n) is 3.78. The highest BCUT2D eigenvalue weighted by Gasteiger charge is 2.22. The van der Waals surface area contributed by atoms with Crippen LogP contribution in [0.2, 0.25) is 0 Å². The quantitative estimate of drug-likeness (QED) is 0.793. The van der Waals surface area contributed by atoms with Crippen LogP contribution in [-0.4, -0.2) is 30.8 Å². The summed E-state index contributed by atoms with van der Waals surface area (Å²) in [5.74, 6) is 0.999. The van der Waals surface area contributed by atoms with Crippen molar-refractivity contribution in [3.05, 3.63) is 18.3 Å². The highest BCUT2D eigenvalue weighted by Crippen LogP contribution is 2.19. The van der Waals surface area contributed by atoms with Gasteiger partial charge < -0.3 is 15.4 Å². The lowest BCUT2D eigenvalue weighted by atomic mass is 10.2. The van der Waals surface area contributed by atoms with Gasteiger partial charge in [-0.1, -0.05) is 6.92 Å². The molecular formula is C11H17N3O. The first-order chi connectivity index (χ1) is 7.31. The maximum Gasteiger partial charge on any atom is 0.129 e. The number of hydrogen-bond acceptors (Lipinski definition) is 4. The predicted octanol–water partition coefficient (Wildman–Crippen LogP) is 1.28. The summed E-state index contributed by atoms with van der Waals surface area (Å²) < 4.78 is 5.45. The number of nitrogens with zero attached hydrogens (tertiary/aromatic N) is 2. The highest BCUT2D eigenvalue weighted by atomic mass is 16.5. The van der Waals surface area contributed by atoms with Gasteiger partial charge in [-0.3, -0.25) is 0 Å². The molecule has 1 saturated heterocycles. The number of rotatable bonds is 2. The van der Waals surface area contributed by atoms with Crippen LogP contribution in [0.3, 0.4) is 0 Å². The smallest absolute Gasteiger partial charge is 0.129 e. The molecule has 0 aliphatic carbocycles. The molecule has 4 heteroatoms. The van der Waals surface area contributed by atoms with E-state index in [4.69, 9.17) is 10.5 Å². The molecule has 0 amide bonds. The zero-order valence-corrected chi connectivity index (χ0v) is 9.02. The van der Waals surface area contributed by atoms with Crippen molar-refractivity contribution in [2.45, 2.75) is 19.4 Å². The Labute approximate surface area is 90.0 Å². The zero-order chi connectivity index (χ0) is 10.7. The van der Waals surface area contributed by atoms with Crippen molar-refractivity contribution in [3.63, 3.8) is 0 Å². The molecular weight excluding hydrogens is 190 g/mol. The number of nitrogen functional groups attached to an aromatic ring is 1. The van der Waals surface area contributed by atoms with Crippen LogP contribution in [0.1, 0.15) is 13.3 Å². The van der Waals surface area contributed by atoms with Gasteiger partial charge >= 0.3 is 0 Å². The van der Waals surface area contributed by atoms with Gasteiger partial charge in [-0.2, -0.15) is 0 Å². The lowest BCUT2D eigenvalue weighted by Gasteiger charge is -2.35. The molecule has 1 fully saturated rings. The molecule has 82 valence electrons. The second-order valence-corrected chi connectivity index (χ2v) is 3.78. The number of pyridine rings is 1. The molecule has 0 bridgehead atoms. The first kappa shape index (κ1) is 10.2. The highest BCUT2D eigenvalue weighted by molar-refractivity contribution is 5.46. The van der Waals surface area contributed by atoms with Crippen LogP contribution in [0.5, 0.6) is 0 Å². The standard InChI is InChI=1S/C11H17N3O/c1-2-10-8-15-6-5-14(10)11-4-3-9(12)7-13-11/h3-4,7,10H,2,5-6,8,12H2,1H3/t10-/m0/s1. The second kappa shape index (κ2) is 4.49. The van der Waals surface area contributed by atoms with Crippen molar-refractivity contribution in [2.24, 2.45) is 0 Å². The van der Waals surface area contributed by atoms with Crippen molar-refractivity contribution in [1.29, 1.82) is 0 Å². The largest absolute Gasteiger partial charge is 0.397 e. The Morgan fingerprint density at radius 1 is 1.60 bits per heavy atom. The van der Waals surface area contributed by atoms with Crippen molar-refractivity contribution < 1.29 is 4.74 Å². The van der Waals surface area contributed by atoms with Gasteiger partial charge in [0.25, 0.3) is 0 Å². The summed E-state index contributed by atoms with van der Waals surface area (Å²) in [7, 11) is 0. The van der Waals surface area contributed by atoms with E-state index in [0.29, 0.717) is 11.7 Å². The molecule has 1 aromatic rings. The van der Waals surface area contributed by atoms with E-state index >= 15 is 0 Å². The van der Waals surface area contributed by atoms with E-state index in [9.17, 15) is 0 Å². The van der Waals surface area contributed by atoms with Gasteiger partial charge in [0.15, 0.2) is 0 Å². The van der Waals surface area contributed by atoms with E-state index in [1.54, 1.807) is 6.20 Å². The molecule has 1 aliphatic heterocycles. The van der Waals surface area contributed by atoms with E-state index < -0.39 is 0 Å².